The van der Waals surface area contributed by atoms with Crippen molar-refractivity contribution in [1.29, 1.82) is 0 Å². The Balaban J connectivity index is 2.05. The number of nitrogen functional groups attached to an aromatic ring is 1. The van der Waals surface area contributed by atoms with E-state index in [9.17, 15) is 9.18 Å². The number of nitrogens with zero attached hydrogens (tertiary/aromatic N) is 2. The van der Waals surface area contributed by atoms with Crippen molar-refractivity contribution in [3.8, 4) is 0 Å². The lowest BCUT2D eigenvalue weighted by molar-refractivity contribution is 0.0579. The summed E-state index contributed by atoms with van der Waals surface area (Å²) >= 11 is 0. The fourth-order valence-electron chi connectivity index (χ4n) is 2.63. The van der Waals surface area contributed by atoms with E-state index >= 15 is 0 Å². The molecule has 1 atom stereocenters. The smallest absolute Gasteiger partial charge is 0.254 e. The Kier molecular flexibility index (Phi) is 4.83. The number of hydrogen-bond donors (Lipinski definition) is 1. The molecule has 1 amide bonds. The van der Waals surface area contributed by atoms with Crippen LogP contribution in [-0.2, 0) is 0 Å². The van der Waals surface area contributed by atoms with E-state index in [-0.39, 0.29) is 5.91 Å². The third-order valence-electron chi connectivity index (χ3n) is 4.45. The lowest BCUT2D eigenvalue weighted by Crippen LogP contribution is -2.51. The van der Waals surface area contributed by atoms with Gasteiger partial charge in [-0.1, -0.05) is 6.92 Å². The molecule has 0 aliphatic carbocycles. The van der Waals surface area contributed by atoms with Gasteiger partial charge in [0.05, 0.1) is 0 Å². The molecule has 0 saturated carbocycles. The maximum absolute atomic E-state index is 13.7. The predicted molar refractivity (Wildman–Crippen MR) is 82.8 cm³/mol. The van der Waals surface area contributed by atoms with Crippen molar-refractivity contribution in [3.63, 3.8) is 0 Å². The Morgan fingerprint density at radius 2 is 1.95 bits per heavy atom. The molecule has 0 bridgehead atoms. The van der Waals surface area contributed by atoms with Crippen molar-refractivity contribution < 1.29 is 9.18 Å². The highest BCUT2D eigenvalue weighted by molar-refractivity contribution is 5.95. The highest BCUT2D eigenvalue weighted by atomic mass is 19.1. The zero-order valence-corrected chi connectivity index (χ0v) is 13.0. The number of rotatable bonds is 3. The quantitative estimate of drug-likeness (QED) is 0.870. The minimum Gasteiger partial charge on any atom is -0.398 e. The molecule has 1 aliphatic heterocycles. The highest BCUT2D eigenvalue weighted by Gasteiger charge is 2.24. The van der Waals surface area contributed by atoms with Crippen LogP contribution in [0.2, 0.25) is 0 Å². The van der Waals surface area contributed by atoms with Gasteiger partial charge in [0.25, 0.3) is 5.91 Å². The van der Waals surface area contributed by atoms with Gasteiger partial charge in [-0.15, -0.1) is 0 Å². The summed E-state index contributed by atoms with van der Waals surface area (Å²) in [5, 5.41) is 0. The predicted octanol–water partition coefficient (Wildman–Crippen LogP) is 2.27. The van der Waals surface area contributed by atoms with Crippen LogP contribution in [0, 0.1) is 12.7 Å². The number of nitrogens with two attached hydrogens (primary N) is 1. The summed E-state index contributed by atoms with van der Waals surface area (Å²) in [6, 6.07) is 3.39. The van der Waals surface area contributed by atoms with Gasteiger partial charge >= 0.3 is 0 Å². The average Bonchev–Trinajstić information content (AvgIpc) is 2.50. The van der Waals surface area contributed by atoms with Crippen molar-refractivity contribution in [2.24, 2.45) is 0 Å². The van der Waals surface area contributed by atoms with E-state index in [0.717, 1.165) is 19.5 Å². The van der Waals surface area contributed by atoms with Crippen LogP contribution in [-0.4, -0.2) is 47.9 Å². The molecule has 5 heteroatoms. The molecule has 1 fully saturated rings. The summed E-state index contributed by atoms with van der Waals surface area (Å²) < 4.78 is 13.7. The lowest BCUT2D eigenvalue weighted by Gasteiger charge is -2.37. The second kappa shape index (κ2) is 6.43. The number of anilines is 1. The van der Waals surface area contributed by atoms with E-state index in [4.69, 9.17) is 5.73 Å². The standard InChI is InChI=1S/C16H24FN3O/c1-4-11(2)19-5-7-20(8-6-19)16(21)13-9-14(17)12(3)15(18)10-13/h9-11H,4-8,18H2,1-3H3. The molecular formula is C16H24FN3O. The van der Waals surface area contributed by atoms with Gasteiger partial charge < -0.3 is 10.6 Å². The number of carbonyl (C=O) groups excluding carboxylic acids is 1. The van der Waals surface area contributed by atoms with Crippen LogP contribution < -0.4 is 5.73 Å². The Hall–Kier alpha value is -1.62. The van der Waals surface area contributed by atoms with E-state index < -0.39 is 5.82 Å². The Morgan fingerprint density at radius 3 is 2.48 bits per heavy atom. The van der Waals surface area contributed by atoms with Gasteiger partial charge in [-0.2, -0.15) is 0 Å². The Bertz CT molecular complexity index is 501. The van der Waals surface area contributed by atoms with Gasteiger partial charge in [0.1, 0.15) is 5.82 Å². The number of piperazine rings is 1. The minimum absolute atomic E-state index is 0.135. The first-order valence-electron chi connectivity index (χ1n) is 7.53. The summed E-state index contributed by atoms with van der Waals surface area (Å²) in [7, 11) is 0. The fraction of sp³-hybridized carbons (Fsp3) is 0.562. The number of amides is 1. The van der Waals surface area contributed by atoms with Gasteiger partial charge in [0.2, 0.25) is 0 Å². The van der Waals surface area contributed by atoms with E-state index in [1.165, 1.54) is 6.07 Å². The number of benzene rings is 1. The highest BCUT2D eigenvalue weighted by Crippen LogP contribution is 2.19. The topological polar surface area (TPSA) is 49.6 Å². The van der Waals surface area contributed by atoms with Gasteiger partial charge in [-0.05, 0) is 32.4 Å². The van der Waals surface area contributed by atoms with Crippen LogP contribution in [0.15, 0.2) is 12.1 Å². The molecule has 1 heterocycles. The van der Waals surface area contributed by atoms with Crippen LogP contribution in [0.3, 0.4) is 0 Å². The molecule has 1 aromatic carbocycles. The lowest BCUT2D eigenvalue weighted by atomic mass is 10.1. The van der Waals surface area contributed by atoms with Crippen LogP contribution in [0.5, 0.6) is 0 Å². The molecule has 1 saturated heterocycles. The molecule has 21 heavy (non-hydrogen) atoms. The normalized spacial score (nSPS) is 17.8. The molecular weight excluding hydrogens is 269 g/mol. The first kappa shape index (κ1) is 15.8. The summed E-state index contributed by atoms with van der Waals surface area (Å²) in [6.45, 7) is 9.07. The van der Waals surface area contributed by atoms with Gasteiger partial charge in [0, 0.05) is 49.0 Å². The largest absolute Gasteiger partial charge is 0.398 e. The first-order chi connectivity index (χ1) is 9.93. The first-order valence-corrected chi connectivity index (χ1v) is 7.53. The molecule has 1 aliphatic rings. The van der Waals surface area contributed by atoms with Crippen LogP contribution in [0.4, 0.5) is 10.1 Å². The maximum Gasteiger partial charge on any atom is 0.254 e. The van der Waals surface area contributed by atoms with E-state index in [0.29, 0.717) is 35.9 Å². The average molecular weight is 293 g/mol. The van der Waals surface area contributed by atoms with Gasteiger partial charge in [-0.25, -0.2) is 4.39 Å². The van der Waals surface area contributed by atoms with E-state index in [1.807, 2.05) is 0 Å². The number of hydrogen-bond acceptors (Lipinski definition) is 3. The summed E-state index contributed by atoms with van der Waals surface area (Å²) in [6.07, 6.45) is 1.10. The van der Waals surface area contributed by atoms with E-state index in [2.05, 4.69) is 18.7 Å². The zero-order valence-electron chi connectivity index (χ0n) is 13.0. The van der Waals surface area contributed by atoms with Crippen LogP contribution in [0.25, 0.3) is 0 Å². The van der Waals surface area contributed by atoms with Crippen molar-refractivity contribution in [2.75, 3.05) is 31.9 Å². The molecule has 116 valence electrons. The van der Waals surface area contributed by atoms with Crippen molar-refractivity contribution in [3.05, 3.63) is 29.1 Å². The van der Waals surface area contributed by atoms with Crippen molar-refractivity contribution in [1.82, 2.24) is 9.80 Å². The SMILES string of the molecule is CCC(C)N1CCN(C(=O)c2cc(N)c(C)c(F)c2)CC1. The number of carbonyl (C=O) groups is 1. The second-order valence-corrected chi connectivity index (χ2v) is 5.76. The Morgan fingerprint density at radius 1 is 1.33 bits per heavy atom. The second-order valence-electron chi connectivity index (χ2n) is 5.76. The summed E-state index contributed by atoms with van der Waals surface area (Å²) in [4.78, 5) is 16.6. The third kappa shape index (κ3) is 3.35. The van der Waals surface area contributed by atoms with Crippen molar-refractivity contribution in [2.45, 2.75) is 33.2 Å². The monoisotopic (exact) mass is 293 g/mol. The molecule has 4 nitrogen and oxygen atoms in total. The molecule has 0 spiro atoms. The zero-order chi connectivity index (χ0) is 15.6. The van der Waals surface area contributed by atoms with Crippen LogP contribution >= 0.6 is 0 Å². The van der Waals surface area contributed by atoms with Gasteiger partial charge in [0.15, 0.2) is 0 Å². The number of halogens is 1. The summed E-state index contributed by atoms with van der Waals surface area (Å²) in [5.74, 6) is -0.555. The molecule has 0 aromatic heterocycles. The maximum atomic E-state index is 13.7. The molecule has 2 rings (SSSR count). The Labute approximate surface area is 125 Å². The molecule has 1 aromatic rings. The molecule has 1 unspecified atom stereocenters. The van der Waals surface area contributed by atoms with E-state index in [1.54, 1.807) is 17.9 Å². The van der Waals surface area contributed by atoms with Crippen molar-refractivity contribution >= 4 is 11.6 Å². The minimum atomic E-state index is -0.420. The van der Waals surface area contributed by atoms with Gasteiger partial charge in [-0.3, -0.25) is 9.69 Å². The third-order valence-corrected chi connectivity index (χ3v) is 4.45. The summed E-state index contributed by atoms with van der Waals surface area (Å²) in [5.41, 5.74) is 6.82. The van der Waals surface area contributed by atoms with Crippen LogP contribution in [0.1, 0.15) is 36.2 Å². The fourth-order valence-corrected chi connectivity index (χ4v) is 2.63. The molecule has 2 N–H and O–H groups in total. The molecule has 0 radical (unpaired) electrons.